The van der Waals surface area contributed by atoms with Crippen LogP contribution in [0, 0.1) is 12.7 Å². The van der Waals surface area contributed by atoms with Crippen LogP contribution in [0.4, 0.5) is 10.2 Å². The van der Waals surface area contributed by atoms with Crippen molar-refractivity contribution in [1.29, 1.82) is 0 Å². The van der Waals surface area contributed by atoms with Crippen molar-refractivity contribution in [1.82, 2.24) is 9.97 Å². The van der Waals surface area contributed by atoms with Gasteiger partial charge in [-0.15, -0.1) is 0 Å². The molecule has 6 heteroatoms. The third kappa shape index (κ3) is 3.04. The average Bonchev–Trinajstić information content (AvgIpc) is 2.38. The normalized spacial score (nSPS) is 10.2. The number of carbonyl (C=O) groups is 1. The molecule has 0 atom stereocenters. The Morgan fingerprint density at radius 1 is 1.47 bits per heavy atom. The van der Waals surface area contributed by atoms with Gasteiger partial charge in [-0.05, 0) is 24.6 Å². The third-order valence-electron chi connectivity index (χ3n) is 2.63. The van der Waals surface area contributed by atoms with E-state index in [4.69, 9.17) is 5.11 Å². The van der Waals surface area contributed by atoms with E-state index in [0.29, 0.717) is 6.54 Å². The van der Waals surface area contributed by atoms with Crippen molar-refractivity contribution in [3.8, 4) is 0 Å². The van der Waals surface area contributed by atoms with Gasteiger partial charge in [0.15, 0.2) is 0 Å². The minimum Gasteiger partial charge on any atom is -0.478 e. The molecule has 0 spiro atoms. The van der Waals surface area contributed by atoms with Gasteiger partial charge in [0, 0.05) is 6.20 Å². The summed E-state index contributed by atoms with van der Waals surface area (Å²) in [5, 5.41) is 11.8. The first-order valence-corrected chi connectivity index (χ1v) is 5.61. The lowest BCUT2D eigenvalue weighted by Crippen LogP contribution is -2.10. The Morgan fingerprint density at radius 3 is 2.95 bits per heavy atom. The van der Waals surface area contributed by atoms with E-state index >= 15 is 0 Å². The molecule has 0 radical (unpaired) electrons. The number of pyridine rings is 2. The van der Waals surface area contributed by atoms with Crippen molar-refractivity contribution in [2.45, 2.75) is 13.5 Å². The van der Waals surface area contributed by atoms with Crippen LogP contribution in [0.1, 0.15) is 21.6 Å². The lowest BCUT2D eigenvalue weighted by molar-refractivity contribution is 0.0697. The van der Waals surface area contributed by atoms with E-state index in [1.54, 1.807) is 6.20 Å². The van der Waals surface area contributed by atoms with Crippen LogP contribution in [-0.2, 0) is 6.54 Å². The van der Waals surface area contributed by atoms with Gasteiger partial charge in [0.05, 0.1) is 18.4 Å². The Morgan fingerprint density at radius 2 is 2.26 bits per heavy atom. The van der Waals surface area contributed by atoms with E-state index in [1.807, 2.05) is 19.1 Å². The number of aromatic carboxylic acids is 1. The van der Waals surface area contributed by atoms with Crippen molar-refractivity contribution in [2.75, 3.05) is 5.32 Å². The van der Waals surface area contributed by atoms with E-state index in [-0.39, 0.29) is 11.4 Å². The first kappa shape index (κ1) is 12.9. The molecule has 2 heterocycles. The zero-order chi connectivity index (χ0) is 13.8. The SMILES string of the molecule is Cc1cccnc1CNc1ncc(F)cc1C(=O)O. The molecule has 2 N–H and O–H groups in total. The lowest BCUT2D eigenvalue weighted by Gasteiger charge is -2.09. The highest BCUT2D eigenvalue weighted by Crippen LogP contribution is 2.15. The second-order valence-corrected chi connectivity index (χ2v) is 3.98. The van der Waals surface area contributed by atoms with Gasteiger partial charge in [0.2, 0.25) is 0 Å². The van der Waals surface area contributed by atoms with Gasteiger partial charge < -0.3 is 10.4 Å². The van der Waals surface area contributed by atoms with Crippen molar-refractivity contribution >= 4 is 11.8 Å². The zero-order valence-electron chi connectivity index (χ0n) is 10.2. The number of hydrogen-bond acceptors (Lipinski definition) is 4. The summed E-state index contributed by atoms with van der Waals surface area (Å²) in [6.07, 6.45) is 2.63. The smallest absolute Gasteiger partial charge is 0.339 e. The molecule has 5 nitrogen and oxygen atoms in total. The van der Waals surface area contributed by atoms with Gasteiger partial charge in [-0.3, -0.25) is 4.98 Å². The van der Waals surface area contributed by atoms with Crippen LogP contribution in [0.25, 0.3) is 0 Å². The third-order valence-corrected chi connectivity index (χ3v) is 2.63. The molecule has 0 saturated carbocycles. The topological polar surface area (TPSA) is 75.1 Å². The quantitative estimate of drug-likeness (QED) is 0.882. The predicted octanol–water partition coefficient (Wildman–Crippen LogP) is 2.23. The highest BCUT2D eigenvalue weighted by molar-refractivity contribution is 5.93. The summed E-state index contributed by atoms with van der Waals surface area (Å²) in [5.74, 6) is -1.79. The second-order valence-electron chi connectivity index (χ2n) is 3.98. The van der Waals surface area contributed by atoms with Crippen LogP contribution in [0.2, 0.25) is 0 Å². The molecule has 0 aliphatic heterocycles. The largest absolute Gasteiger partial charge is 0.478 e. The second kappa shape index (κ2) is 5.43. The van der Waals surface area contributed by atoms with Crippen molar-refractivity contribution in [3.05, 3.63) is 53.2 Å². The van der Waals surface area contributed by atoms with Crippen LogP contribution in [0.15, 0.2) is 30.6 Å². The fourth-order valence-corrected chi connectivity index (χ4v) is 1.61. The number of aromatic nitrogens is 2. The summed E-state index contributed by atoms with van der Waals surface area (Å²) in [4.78, 5) is 18.9. The van der Waals surface area contributed by atoms with Gasteiger partial charge in [-0.2, -0.15) is 0 Å². The van der Waals surface area contributed by atoms with Gasteiger partial charge in [0.1, 0.15) is 17.2 Å². The number of carboxylic acid groups (broad SMARTS) is 1. The summed E-state index contributed by atoms with van der Waals surface area (Å²) in [6, 6.07) is 4.65. The van der Waals surface area contributed by atoms with Crippen LogP contribution in [-0.4, -0.2) is 21.0 Å². The molecule has 0 aromatic carbocycles. The van der Waals surface area contributed by atoms with Crippen LogP contribution in [0.5, 0.6) is 0 Å². The first-order chi connectivity index (χ1) is 9.08. The molecule has 0 bridgehead atoms. The molecule has 0 saturated heterocycles. The molecular weight excluding hydrogens is 249 g/mol. The van der Waals surface area contributed by atoms with Crippen LogP contribution >= 0.6 is 0 Å². The first-order valence-electron chi connectivity index (χ1n) is 5.61. The maximum atomic E-state index is 13.0. The van der Waals surface area contributed by atoms with E-state index in [9.17, 15) is 9.18 Å². The number of rotatable bonds is 4. The summed E-state index contributed by atoms with van der Waals surface area (Å²) in [7, 11) is 0. The molecule has 0 aliphatic carbocycles. The molecule has 2 rings (SSSR count). The fraction of sp³-hybridized carbons (Fsp3) is 0.154. The minimum absolute atomic E-state index is 0.124. The van der Waals surface area contributed by atoms with E-state index < -0.39 is 11.8 Å². The van der Waals surface area contributed by atoms with E-state index in [2.05, 4.69) is 15.3 Å². The van der Waals surface area contributed by atoms with Crippen molar-refractivity contribution in [2.24, 2.45) is 0 Å². The number of halogens is 1. The maximum absolute atomic E-state index is 13.0. The molecule has 0 aliphatic rings. The van der Waals surface area contributed by atoms with Gasteiger partial charge >= 0.3 is 5.97 Å². The average molecular weight is 261 g/mol. The Kier molecular flexibility index (Phi) is 3.70. The molecule has 2 aromatic rings. The zero-order valence-corrected chi connectivity index (χ0v) is 10.2. The molecule has 0 unspecified atom stereocenters. The molecule has 19 heavy (non-hydrogen) atoms. The van der Waals surface area contributed by atoms with E-state index in [0.717, 1.165) is 23.5 Å². The molecule has 98 valence electrons. The predicted molar refractivity (Wildman–Crippen MR) is 67.5 cm³/mol. The van der Waals surface area contributed by atoms with Crippen molar-refractivity contribution in [3.63, 3.8) is 0 Å². The van der Waals surface area contributed by atoms with Gasteiger partial charge in [-0.1, -0.05) is 6.07 Å². The monoisotopic (exact) mass is 261 g/mol. The Labute approximate surface area is 109 Å². The number of hydrogen-bond donors (Lipinski definition) is 2. The molecule has 0 fully saturated rings. The van der Waals surface area contributed by atoms with E-state index in [1.165, 1.54) is 0 Å². The standard InChI is InChI=1S/C13H12FN3O2/c1-8-3-2-4-15-11(8)7-17-12-10(13(18)19)5-9(14)6-16-12/h2-6H,7H2,1H3,(H,16,17)(H,18,19). The number of carboxylic acids is 1. The Balaban J connectivity index is 2.20. The maximum Gasteiger partial charge on any atom is 0.339 e. The highest BCUT2D eigenvalue weighted by Gasteiger charge is 2.13. The fourth-order valence-electron chi connectivity index (χ4n) is 1.61. The Hall–Kier alpha value is -2.50. The summed E-state index contributed by atoms with van der Waals surface area (Å²) in [5.41, 5.74) is 1.56. The summed E-state index contributed by atoms with van der Waals surface area (Å²) in [6.45, 7) is 2.23. The number of anilines is 1. The number of nitrogens with one attached hydrogen (secondary N) is 1. The molecule has 0 amide bonds. The lowest BCUT2D eigenvalue weighted by atomic mass is 10.2. The Bertz CT molecular complexity index is 617. The molecular formula is C13H12FN3O2. The number of nitrogens with zero attached hydrogens (tertiary/aromatic N) is 2. The highest BCUT2D eigenvalue weighted by atomic mass is 19.1. The summed E-state index contributed by atoms with van der Waals surface area (Å²) < 4.78 is 13.0. The van der Waals surface area contributed by atoms with Gasteiger partial charge in [-0.25, -0.2) is 14.2 Å². The van der Waals surface area contributed by atoms with Gasteiger partial charge in [0.25, 0.3) is 0 Å². The molecule has 2 aromatic heterocycles. The number of aryl methyl sites for hydroxylation is 1. The minimum atomic E-state index is -1.23. The van der Waals surface area contributed by atoms with Crippen LogP contribution < -0.4 is 5.32 Å². The summed E-state index contributed by atoms with van der Waals surface area (Å²) >= 11 is 0. The van der Waals surface area contributed by atoms with Crippen molar-refractivity contribution < 1.29 is 14.3 Å². The van der Waals surface area contributed by atoms with Crippen LogP contribution in [0.3, 0.4) is 0 Å².